The van der Waals surface area contributed by atoms with Crippen molar-refractivity contribution in [1.29, 1.82) is 0 Å². The molecule has 0 unspecified atom stereocenters. The molecular formula is C19H30N3O11PS. The molecule has 1 aliphatic rings. The molecule has 14 nitrogen and oxygen atoms in total. The molecule has 2 heterocycles. The van der Waals surface area contributed by atoms with Crippen molar-refractivity contribution in [2.24, 2.45) is 0 Å². The van der Waals surface area contributed by atoms with Crippen LogP contribution in [0.4, 0.5) is 0 Å². The Hall–Kier alpha value is -2.00. The van der Waals surface area contributed by atoms with Gasteiger partial charge in [0.05, 0.1) is 19.8 Å². The van der Waals surface area contributed by atoms with Crippen molar-refractivity contribution in [3.63, 3.8) is 0 Å². The third kappa shape index (κ3) is 7.49. The van der Waals surface area contributed by atoms with Crippen LogP contribution in [0.3, 0.4) is 0 Å². The molecule has 4 N–H and O–H groups in total. The molecule has 0 spiro atoms. The number of nitrogens with one attached hydrogen (secondary N) is 2. The van der Waals surface area contributed by atoms with Gasteiger partial charge >= 0.3 is 24.3 Å². The first kappa shape index (κ1) is 29.2. The number of aromatic nitrogens is 2. The van der Waals surface area contributed by atoms with Crippen molar-refractivity contribution in [3.8, 4) is 0 Å². The quantitative estimate of drug-likeness (QED) is 0.208. The topological polar surface area (TPSA) is 195 Å². The van der Waals surface area contributed by atoms with Gasteiger partial charge in [0, 0.05) is 12.3 Å². The summed E-state index contributed by atoms with van der Waals surface area (Å²) in [5.41, 5.74) is -3.54. The standard InChI is InChI=1S/C19H30N3O11PS/c1-10(2)32-16(26)11(3)21-34(29,35-9-14(24)30-5)31-8-12-15(25)19(4,28)17(33-12)22-7-6-13(23)20-18(22)27/h6-7,10-12,15,17,25,28H,8-9H2,1-5H3,(H,21,29)(H,20,23,27)/t11-,12+,15+,17+,19+,34-/m0/s1. The number of nitrogens with zero attached hydrogens (tertiary/aromatic N) is 1. The summed E-state index contributed by atoms with van der Waals surface area (Å²) in [6.45, 7) is 1.34. The summed E-state index contributed by atoms with van der Waals surface area (Å²) in [5.74, 6) is -1.79. The summed E-state index contributed by atoms with van der Waals surface area (Å²) in [6, 6.07) is -0.0469. The number of carbonyl (C=O) groups excluding carboxylic acids is 2. The second kappa shape index (κ2) is 11.8. The summed E-state index contributed by atoms with van der Waals surface area (Å²) in [7, 11) is 1.15. The molecule has 16 heteroatoms. The minimum atomic E-state index is -3.99. The van der Waals surface area contributed by atoms with Gasteiger partial charge in [0.15, 0.2) is 6.23 Å². The van der Waals surface area contributed by atoms with Crippen LogP contribution in [-0.4, -0.2) is 81.1 Å². The Labute approximate surface area is 204 Å². The molecule has 1 aliphatic heterocycles. The number of aromatic amines is 1. The summed E-state index contributed by atoms with van der Waals surface area (Å²) in [6.07, 6.45) is -3.62. The van der Waals surface area contributed by atoms with Crippen molar-refractivity contribution in [2.45, 2.75) is 63.9 Å². The number of methoxy groups -OCH3 is 1. The average molecular weight is 540 g/mol. The van der Waals surface area contributed by atoms with Gasteiger partial charge in [-0.1, -0.05) is 0 Å². The van der Waals surface area contributed by atoms with Crippen LogP contribution >= 0.6 is 18.1 Å². The molecule has 0 aliphatic carbocycles. The number of aliphatic hydroxyl groups excluding tert-OH is 1. The lowest BCUT2D eigenvalue weighted by molar-refractivity contribution is -0.149. The highest BCUT2D eigenvalue weighted by Crippen LogP contribution is 2.57. The lowest BCUT2D eigenvalue weighted by atomic mass is 9.96. The van der Waals surface area contributed by atoms with Crippen LogP contribution in [0, 0.1) is 0 Å². The van der Waals surface area contributed by atoms with Gasteiger partial charge in [0.25, 0.3) is 5.56 Å². The van der Waals surface area contributed by atoms with E-state index >= 15 is 0 Å². The molecule has 0 amide bonds. The molecule has 35 heavy (non-hydrogen) atoms. The maximum atomic E-state index is 13.4. The number of ether oxygens (including phenoxy) is 3. The first-order valence-corrected chi connectivity index (χ1v) is 13.7. The van der Waals surface area contributed by atoms with E-state index in [0.717, 1.165) is 23.9 Å². The van der Waals surface area contributed by atoms with Gasteiger partial charge in [-0.2, -0.15) is 0 Å². The van der Waals surface area contributed by atoms with Crippen LogP contribution in [0.5, 0.6) is 0 Å². The van der Waals surface area contributed by atoms with Crippen LogP contribution in [0.15, 0.2) is 21.9 Å². The molecule has 198 valence electrons. The third-order valence-electron chi connectivity index (χ3n) is 4.90. The molecule has 0 radical (unpaired) electrons. The van der Waals surface area contributed by atoms with E-state index in [4.69, 9.17) is 14.0 Å². The summed E-state index contributed by atoms with van der Waals surface area (Å²) in [5, 5.41) is 23.9. The van der Waals surface area contributed by atoms with E-state index in [1.165, 1.54) is 13.8 Å². The van der Waals surface area contributed by atoms with Crippen molar-refractivity contribution < 1.29 is 43.1 Å². The maximum absolute atomic E-state index is 13.4. The molecule has 0 saturated carbocycles. The summed E-state index contributed by atoms with van der Waals surface area (Å²) >= 11 is 0.552. The number of hydrogen-bond donors (Lipinski definition) is 4. The number of H-pyrrole nitrogens is 1. The van der Waals surface area contributed by atoms with E-state index in [1.54, 1.807) is 13.8 Å². The molecule has 0 bridgehead atoms. The Balaban J connectivity index is 2.19. The van der Waals surface area contributed by atoms with Gasteiger partial charge in [0.2, 0.25) is 0 Å². The number of esters is 2. The molecular weight excluding hydrogens is 509 g/mol. The SMILES string of the molecule is COC(=O)CS[P@](=O)(N[C@@H](C)C(=O)OC(C)C)OC[C@H]1O[C@@H](n2ccc(=O)[nH]c2=O)[C@](C)(O)[C@@H]1O. The molecule has 1 saturated heterocycles. The fourth-order valence-corrected chi connectivity index (χ4v) is 6.56. The number of carbonyl (C=O) groups is 2. The highest BCUT2D eigenvalue weighted by atomic mass is 32.7. The van der Waals surface area contributed by atoms with Gasteiger partial charge in [0.1, 0.15) is 29.6 Å². The van der Waals surface area contributed by atoms with Crippen LogP contribution < -0.4 is 16.3 Å². The Bertz CT molecular complexity index is 1070. The Morgan fingerprint density at radius 3 is 2.60 bits per heavy atom. The predicted octanol–water partition coefficient (Wildman–Crippen LogP) is -0.493. The number of rotatable bonds is 11. The second-order valence-corrected chi connectivity index (χ2v) is 12.5. The fourth-order valence-electron chi connectivity index (χ4n) is 3.09. The normalized spacial score (nSPS) is 26.8. The van der Waals surface area contributed by atoms with Crippen LogP contribution in [-0.2, 0) is 32.9 Å². The molecule has 1 aromatic rings. The minimum absolute atomic E-state index is 0.381. The maximum Gasteiger partial charge on any atom is 0.330 e. The Morgan fingerprint density at radius 2 is 2.03 bits per heavy atom. The Morgan fingerprint density at radius 1 is 1.37 bits per heavy atom. The first-order valence-electron chi connectivity index (χ1n) is 10.5. The molecule has 1 aromatic heterocycles. The highest BCUT2D eigenvalue weighted by molar-refractivity contribution is 8.56. The van der Waals surface area contributed by atoms with Gasteiger partial charge in [-0.3, -0.25) is 28.5 Å². The summed E-state index contributed by atoms with van der Waals surface area (Å²) in [4.78, 5) is 49.2. The van der Waals surface area contributed by atoms with Crippen molar-refractivity contribution in [3.05, 3.63) is 33.1 Å². The van der Waals surface area contributed by atoms with E-state index < -0.39 is 72.7 Å². The van der Waals surface area contributed by atoms with Crippen molar-refractivity contribution in [1.82, 2.24) is 14.6 Å². The smallest absolute Gasteiger partial charge is 0.330 e. The van der Waals surface area contributed by atoms with Gasteiger partial charge in [-0.05, 0) is 39.1 Å². The van der Waals surface area contributed by atoms with E-state index in [-0.39, 0.29) is 5.75 Å². The monoisotopic (exact) mass is 539 g/mol. The number of aliphatic hydroxyl groups is 2. The average Bonchev–Trinajstić information content (AvgIpc) is 2.99. The van der Waals surface area contributed by atoms with Crippen molar-refractivity contribution in [2.75, 3.05) is 19.5 Å². The lowest BCUT2D eigenvalue weighted by Gasteiger charge is -2.27. The largest absolute Gasteiger partial charge is 0.468 e. The zero-order chi connectivity index (χ0) is 26.6. The molecule has 0 aromatic carbocycles. The van der Waals surface area contributed by atoms with Gasteiger partial charge in [-0.15, -0.1) is 0 Å². The zero-order valence-electron chi connectivity index (χ0n) is 19.8. The lowest BCUT2D eigenvalue weighted by Crippen LogP contribution is -2.47. The number of hydrogen-bond acceptors (Lipinski definition) is 12. The van der Waals surface area contributed by atoms with Gasteiger partial charge in [-0.25, -0.2) is 9.88 Å². The molecule has 1 fully saturated rings. The predicted molar refractivity (Wildman–Crippen MR) is 124 cm³/mol. The van der Waals surface area contributed by atoms with Crippen LogP contribution in [0.1, 0.15) is 33.9 Å². The summed E-state index contributed by atoms with van der Waals surface area (Å²) < 4.78 is 35.0. The van der Waals surface area contributed by atoms with E-state index in [0.29, 0.717) is 11.4 Å². The first-order chi connectivity index (χ1) is 16.2. The minimum Gasteiger partial charge on any atom is -0.468 e. The van der Waals surface area contributed by atoms with Gasteiger partial charge < -0.3 is 28.9 Å². The van der Waals surface area contributed by atoms with Crippen LogP contribution in [0.25, 0.3) is 0 Å². The molecule has 6 atom stereocenters. The Kier molecular flexibility index (Phi) is 9.87. The zero-order valence-corrected chi connectivity index (χ0v) is 21.5. The molecule has 2 rings (SSSR count). The van der Waals surface area contributed by atoms with E-state index in [1.807, 2.05) is 4.98 Å². The van der Waals surface area contributed by atoms with Crippen LogP contribution in [0.2, 0.25) is 0 Å². The highest BCUT2D eigenvalue weighted by Gasteiger charge is 2.54. The van der Waals surface area contributed by atoms with Crippen molar-refractivity contribution >= 4 is 30.0 Å². The van der Waals surface area contributed by atoms with E-state index in [2.05, 4.69) is 9.82 Å². The van der Waals surface area contributed by atoms with E-state index in [9.17, 15) is 34.0 Å². The second-order valence-electron chi connectivity index (χ2n) is 8.19. The fraction of sp³-hybridized carbons (Fsp3) is 0.684. The third-order valence-corrected chi connectivity index (χ3v) is 8.84.